The van der Waals surface area contributed by atoms with E-state index in [9.17, 15) is 14.0 Å². The number of hydrogen-bond acceptors (Lipinski definition) is 4. The van der Waals surface area contributed by atoms with Crippen molar-refractivity contribution < 1.29 is 13.9 Å². The number of nitrogens with one attached hydrogen (secondary N) is 1. The Kier molecular flexibility index (Phi) is 6.39. The quantitative estimate of drug-likeness (QED) is 0.493. The SMILES string of the molecule is COC(=O)Cc1[nH]n(-c2ccccc2)c(=O)c1C(C)=NCCc1ccc(F)cc1. The van der Waals surface area contributed by atoms with Crippen LogP contribution in [0.5, 0.6) is 0 Å². The summed E-state index contributed by atoms with van der Waals surface area (Å²) in [4.78, 5) is 29.4. The van der Waals surface area contributed by atoms with E-state index in [0.29, 0.717) is 35.6 Å². The number of carbonyl (C=O) groups is 1. The largest absolute Gasteiger partial charge is 0.469 e. The molecule has 0 aliphatic heterocycles. The summed E-state index contributed by atoms with van der Waals surface area (Å²) in [5, 5.41) is 3.01. The van der Waals surface area contributed by atoms with E-state index in [1.54, 1.807) is 31.2 Å². The molecule has 0 spiro atoms. The maximum absolute atomic E-state index is 13.0. The highest BCUT2D eigenvalue weighted by atomic mass is 19.1. The van der Waals surface area contributed by atoms with Crippen LogP contribution in [-0.4, -0.2) is 35.1 Å². The van der Waals surface area contributed by atoms with E-state index < -0.39 is 5.97 Å². The van der Waals surface area contributed by atoms with Crippen LogP contribution in [0, 0.1) is 5.82 Å². The average molecular weight is 395 g/mol. The van der Waals surface area contributed by atoms with Crippen LogP contribution in [0.1, 0.15) is 23.7 Å². The fraction of sp³-hybridized carbons (Fsp3) is 0.227. The fourth-order valence-corrected chi connectivity index (χ4v) is 3.04. The van der Waals surface area contributed by atoms with Gasteiger partial charge in [-0.3, -0.25) is 19.7 Å². The highest BCUT2D eigenvalue weighted by Gasteiger charge is 2.20. The molecule has 0 amide bonds. The lowest BCUT2D eigenvalue weighted by Gasteiger charge is -2.03. The van der Waals surface area contributed by atoms with Crippen LogP contribution >= 0.6 is 0 Å². The number of benzene rings is 2. The van der Waals surface area contributed by atoms with Gasteiger partial charge < -0.3 is 4.74 Å². The van der Waals surface area contributed by atoms with Gasteiger partial charge >= 0.3 is 5.97 Å². The van der Waals surface area contributed by atoms with E-state index in [1.165, 1.54) is 23.9 Å². The second kappa shape index (κ2) is 9.14. The van der Waals surface area contributed by atoms with Crippen molar-refractivity contribution in [2.45, 2.75) is 19.8 Å². The van der Waals surface area contributed by atoms with Crippen LogP contribution in [0.2, 0.25) is 0 Å². The van der Waals surface area contributed by atoms with E-state index in [4.69, 9.17) is 4.74 Å². The number of rotatable bonds is 7. The van der Waals surface area contributed by atoms with E-state index in [2.05, 4.69) is 10.1 Å². The van der Waals surface area contributed by atoms with Gasteiger partial charge in [0.2, 0.25) is 0 Å². The highest BCUT2D eigenvalue weighted by Crippen LogP contribution is 2.11. The molecule has 0 unspecified atom stereocenters. The van der Waals surface area contributed by atoms with Gasteiger partial charge in [0.25, 0.3) is 5.56 Å². The smallest absolute Gasteiger partial charge is 0.311 e. The number of nitrogens with zero attached hydrogens (tertiary/aromatic N) is 2. The number of methoxy groups -OCH3 is 1. The number of esters is 1. The maximum Gasteiger partial charge on any atom is 0.311 e. The van der Waals surface area contributed by atoms with Crippen molar-refractivity contribution in [3.63, 3.8) is 0 Å². The van der Waals surface area contributed by atoms with Crippen molar-refractivity contribution in [3.8, 4) is 5.69 Å². The number of carbonyl (C=O) groups excluding carboxylic acids is 1. The Morgan fingerprint density at radius 1 is 1.14 bits per heavy atom. The van der Waals surface area contributed by atoms with Gasteiger partial charge in [-0.2, -0.15) is 0 Å². The van der Waals surface area contributed by atoms with Crippen LogP contribution in [0.4, 0.5) is 4.39 Å². The molecule has 6 nitrogen and oxygen atoms in total. The zero-order valence-corrected chi connectivity index (χ0v) is 16.3. The van der Waals surface area contributed by atoms with Crippen LogP contribution in [-0.2, 0) is 22.4 Å². The third-order valence-electron chi connectivity index (χ3n) is 4.55. The molecule has 1 heterocycles. The minimum atomic E-state index is -0.452. The summed E-state index contributed by atoms with van der Waals surface area (Å²) in [5.41, 5.74) is 2.68. The first-order valence-corrected chi connectivity index (χ1v) is 9.21. The molecule has 0 radical (unpaired) electrons. The summed E-state index contributed by atoms with van der Waals surface area (Å²) in [5.74, 6) is -0.735. The minimum absolute atomic E-state index is 0.0638. The minimum Gasteiger partial charge on any atom is -0.469 e. The van der Waals surface area contributed by atoms with Crippen LogP contribution in [0.3, 0.4) is 0 Å². The first kappa shape index (κ1) is 20.3. The van der Waals surface area contributed by atoms with Crippen molar-refractivity contribution in [2.75, 3.05) is 13.7 Å². The van der Waals surface area contributed by atoms with Crippen LogP contribution in [0.25, 0.3) is 5.69 Å². The Balaban J connectivity index is 1.90. The van der Waals surface area contributed by atoms with Gasteiger partial charge in [-0.05, 0) is 43.2 Å². The third-order valence-corrected chi connectivity index (χ3v) is 4.55. The first-order valence-electron chi connectivity index (χ1n) is 9.21. The summed E-state index contributed by atoms with van der Waals surface area (Å²) in [6.07, 6.45) is 0.549. The molecule has 0 aliphatic rings. The molecule has 150 valence electrons. The lowest BCUT2D eigenvalue weighted by Crippen LogP contribution is -2.20. The molecule has 2 aromatic carbocycles. The zero-order chi connectivity index (χ0) is 20.8. The van der Waals surface area contributed by atoms with Gasteiger partial charge in [0.1, 0.15) is 5.82 Å². The summed E-state index contributed by atoms with van der Waals surface area (Å²) in [6.45, 7) is 2.18. The molecule has 3 aromatic rings. The van der Waals surface area contributed by atoms with Crippen molar-refractivity contribution >= 4 is 11.7 Å². The molecule has 0 saturated heterocycles. The predicted molar refractivity (Wildman–Crippen MR) is 109 cm³/mol. The standard InChI is InChI=1S/C22H22FN3O3/c1-15(24-13-12-16-8-10-17(23)11-9-16)21-19(14-20(27)29-2)25-26(22(21)28)18-6-4-3-5-7-18/h3-11,25H,12-14H2,1-2H3. The van der Waals surface area contributed by atoms with E-state index in [0.717, 1.165) is 5.56 Å². The molecule has 1 N–H and O–H groups in total. The van der Waals surface area contributed by atoms with Crippen molar-refractivity contribution in [1.82, 2.24) is 9.78 Å². The molecule has 0 fully saturated rings. The van der Waals surface area contributed by atoms with E-state index >= 15 is 0 Å². The van der Waals surface area contributed by atoms with Gasteiger partial charge in [0, 0.05) is 12.3 Å². The number of halogens is 1. The van der Waals surface area contributed by atoms with Crippen molar-refractivity contribution in [3.05, 3.63) is 87.6 Å². The van der Waals surface area contributed by atoms with Crippen LogP contribution in [0.15, 0.2) is 64.4 Å². The molecule has 0 bridgehead atoms. The van der Waals surface area contributed by atoms with Gasteiger partial charge in [-0.25, -0.2) is 9.07 Å². The average Bonchev–Trinajstić information content (AvgIpc) is 3.05. The predicted octanol–water partition coefficient (Wildman–Crippen LogP) is 3.07. The monoisotopic (exact) mass is 395 g/mol. The van der Waals surface area contributed by atoms with Crippen LogP contribution < -0.4 is 5.56 Å². The highest BCUT2D eigenvalue weighted by molar-refractivity contribution is 6.00. The number of ether oxygens (including phenoxy) is 1. The molecule has 1 aromatic heterocycles. The Bertz CT molecular complexity index is 1070. The summed E-state index contributed by atoms with van der Waals surface area (Å²) in [6, 6.07) is 15.3. The Morgan fingerprint density at radius 2 is 1.83 bits per heavy atom. The molecular weight excluding hydrogens is 373 g/mol. The van der Waals surface area contributed by atoms with Gasteiger partial charge in [-0.1, -0.05) is 30.3 Å². The Labute approximate surface area is 167 Å². The summed E-state index contributed by atoms with van der Waals surface area (Å²) >= 11 is 0. The lowest BCUT2D eigenvalue weighted by molar-refractivity contribution is -0.139. The Morgan fingerprint density at radius 3 is 2.48 bits per heavy atom. The normalized spacial score (nSPS) is 11.5. The van der Waals surface area contributed by atoms with Crippen molar-refractivity contribution in [1.29, 1.82) is 0 Å². The topological polar surface area (TPSA) is 76.5 Å². The molecule has 0 atom stereocenters. The van der Waals surface area contributed by atoms with E-state index in [1.807, 2.05) is 18.2 Å². The number of H-pyrrole nitrogens is 1. The van der Waals surface area contributed by atoms with Gasteiger partial charge in [-0.15, -0.1) is 0 Å². The molecule has 0 aliphatic carbocycles. The molecule has 7 heteroatoms. The second-order valence-corrected chi connectivity index (χ2v) is 6.54. The Hall–Kier alpha value is -3.48. The zero-order valence-electron chi connectivity index (χ0n) is 16.3. The molecule has 3 rings (SSSR count). The first-order chi connectivity index (χ1) is 14.0. The molecule has 29 heavy (non-hydrogen) atoms. The number of aliphatic imine (C=N–C) groups is 1. The fourth-order valence-electron chi connectivity index (χ4n) is 3.04. The van der Waals surface area contributed by atoms with E-state index in [-0.39, 0.29) is 17.8 Å². The number of aromatic amines is 1. The number of para-hydroxylation sites is 1. The number of aromatic nitrogens is 2. The number of hydrogen-bond donors (Lipinski definition) is 1. The second-order valence-electron chi connectivity index (χ2n) is 6.54. The summed E-state index contributed by atoms with van der Waals surface area (Å²) in [7, 11) is 1.30. The third kappa shape index (κ3) is 4.87. The molecule has 0 saturated carbocycles. The van der Waals surface area contributed by atoms with Crippen molar-refractivity contribution in [2.24, 2.45) is 4.99 Å². The maximum atomic E-state index is 13.0. The van der Waals surface area contributed by atoms with Gasteiger partial charge in [0.05, 0.1) is 30.5 Å². The van der Waals surface area contributed by atoms with Gasteiger partial charge in [0.15, 0.2) is 0 Å². The molecular formula is C22H22FN3O3. The lowest BCUT2D eigenvalue weighted by atomic mass is 10.1. The summed E-state index contributed by atoms with van der Waals surface area (Å²) < 4.78 is 19.2.